The van der Waals surface area contributed by atoms with Crippen molar-refractivity contribution < 1.29 is 47.6 Å². The summed E-state index contributed by atoms with van der Waals surface area (Å²) in [6.45, 7) is 0. The van der Waals surface area contributed by atoms with Crippen molar-refractivity contribution >= 4 is 29.5 Å². The fourth-order valence-corrected chi connectivity index (χ4v) is 3.13. The Labute approximate surface area is 210 Å². The smallest absolute Gasteiger partial charge is 0.349 e. The molecule has 11 heteroatoms. The number of aliphatic carboxylic acids is 1. The normalized spacial score (nSPS) is 12.0. The van der Waals surface area contributed by atoms with E-state index in [2.05, 4.69) is 5.32 Å². The quantitative estimate of drug-likeness (QED) is 0.393. The minimum absolute atomic E-state index is 0.0775. The molecular formula is C26H22FNO9. The number of carbonyl (C=O) groups excluding carboxylic acids is 3. The van der Waals surface area contributed by atoms with Gasteiger partial charge in [0.2, 0.25) is 12.2 Å². The summed E-state index contributed by atoms with van der Waals surface area (Å²) in [6.07, 6.45) is -4.50. The molecule has 0 aliphatic heterocycles. The molecule has 0 aliphatic rings. The predicted molar refractivity (Wildman–Crippen MR) is 127 cm³/mol. The maximum Gasteiger partial charge on any atom is 0.349 e. The first-order chi connectivity index (χ1) is 17.7. The van der Waals surface area contributed by atoms with Crippen molar-refractivity contribution in [3.63, 3.8) is 0 Å². The average Bonchev–Trinajstić information content (AvgIpc) is 2.91. The van der Waals surface area contributed by atoms with Crippen molar-refractivity contribution in [3.05, 3.63) is 89.7 Å². The lowest BCUT2D eigenvalue weighted by molar-refractivity contribution is -0.157. The second kappa shape index (κ2) is 12.2. The summed E-state index contributed by atoms with van der Waals surface area (Å²) in [5.74, 6) is -5.52. The zero-order valence-electron chi connectivity index (χ0n) is 19.7. The first-order valence-electron chi connectivity index (χ1n) is 10.7. The van der Waals surface area contributed by atoms with Gasteiger partial charge in [0.25, 0.3) is 5.91 Å². The highest BCUT2D eigenvalue weighted by Crippen LogP contribution is 2.20. The van der Waals surface area contributed by atoms with Gasteiger partial charge < -0.3 is 29.4 Å². The first kappa shape index (κ1) is 26.7. The Bertz CT molecular complexity index is 1310. The van der Waals surface area contributed by atoms with Crippen LogP contribution < -0.4 is 14.8 Å². The Hall–Kier alpha value is -4.93. The van der Waals surface area contributed by atoms with Gasteiger partial charge >= 0.3 is 17.9 Å². The van der Waals surface area contributed by atoms with Crippen LogP contribution in [0.2, 0.25) is 0 Å². The Morgan fingerprint density at radius 3 is 1.76 bits per heavy atom. The van der Waals surface area contributed by atoms with E-state index in [1.54, 1.807) is 12.1 Å². The summed E-state index contributed by atoms with van der Waals surface area (Å²) in [4.78, 5) is 50.7. The number of methoxy groups -OCH3 is 2. The van der Waals surface area contributed by atoms with Gasteiger partial charge in [0, 0.05) is 0 Å². The number of carbonyl (C=O) groups is 4. The summed E-state index contributed by atoms with van der Waals surface area (Å²) in [6, 6.07) is 16.4. The minimum atomic E-state index is -2.29. The Kier molecular flexibility index (Phi) is 8.76. The summed E-state index contributed by atoms with van der Waals surface area (Å²) < 4.78 is 34.5. The van der Waals surface area contributed by atoms with Crippen LogP contribution in [0.1, 0.15) is 20.7 Å². The van der Waals surface area contributed by atoms with E-state index in [0.717, 1.165) is 6.07 Å². The first-order valence-corrected chi connectivity index (χ1v) is 10.7. The van der Waals surface area contributed by atoms with E-state index >= 15 is 0 Å². The molecule has 3 rings (SSSR count). The van der Waals surface area contributed by atoms with Crippen molar-refractivity contribution in [3.8, 4) is 11.5 Å². The van der Waals surface area contributed by atoms with Gasteiger partial charge in [-0.15, -0.1) is 0 Å². The summed E-state index contributed by atoms with van der Waals surface area (Å²) in [5, 5.41) is 12.0. The van der Waals surface area contributed by atoms with E-state index in [-0.39, 0.29) is 16.8 Å². The lowest BCUT2D eigenvalue weighted by Gasteiger charge is -2.23. The lowest BCUT2D eigenvalue weighted by atomic mass is 10.1. The molecule has 3 aromatic rings. The van der Waals surface area contributed by atoms with Crippen molar-refractivity contribution in [1.82, 2.24) is 0 Å². The van der Waals surface area contributed by atoms with Crippen LogP contribution in [0.25, 0.3) is 0 Å². The third-order valence-electron chi connectivity index (χ3n) is 4.99. The highest BCUT2D eigenvalue weighted by atomic mass is 19.1. The largest absolute Gasteiger partial charge is 0.497 e. The number of hydrogen-bond donors (Lipinski definition) is 2. The van der Waals surface area contributed by atoms with Gasteiger partial charge in [-0.05, 0) is 48.5 Å². The Balaban J connectivity index is 1.94. The second-order valence-electron chi connectivity index (χ2n) is 7.42. The number of amides is 1. The standard InChI is InChI=1S/C26H22FNO9/c1-34-17-9-5-7-15(13-17)25(32)36-21(23(29)28-20-12-4-3-11-19(20)27)22(24(30)31)37-26(33)16-8-6-10-18(14-16)35-2/h3-14,21-22H,1-2H3,(H,28,29)(H,30,31)/t21-,22-/m0/s1. The zero-order chi connectivity index (χ0) is 26.9. The number of hydrogen-bond acceptors (Lipinski definition) is 8. The number of carboxylic acid groups (broad SMARTS) is 1. The predicted octanol–water partition coefficient (Wildman–Crippen LogP) is 3.32. The van der Waals surface area contributed by atoms with Crippen LogP contribution in [0, 0.1) is 5.82 Å². The van der Waals surface area contributed by atoms with Gasteiger partial charge in [-0.2, -0.15) is 0 Å². The summed E-state index contributed by atoms with van der Waals surface area (Å²) in [5.41, 5.74) is -0.470. The fraction of sp³-hybridized carbons (Fsp3) is 0.154. The average molecular weight is 511 g/mol. The molecule has 0 spiro atoms. The molecule has 0 aromatic heterocycles. The van der Waals surface area contributed by atoms with Crippen molar-refractivity contribution in [1.29, 1.82) is 0 Å². The van der Waals surface area contributed by atoms with Gasteiger partial charge in [0.15, 0.2) is 0 Å². The monoisotopic (exact) mass is 511 g/mol. The molecule has 37 heavy (non-hydrogen) atoms. The molecule has 192 valence electrons. The SMILES string of the molecule is COc1cccc(C(=O)O[C@H](C(=O)O)[C@H](OC(=O)c2cccc(OC)c2)C(=O)Nc2ccccc2F)c1. The van der Waals surface area contributed by atoms with Crippen LogP contribution in [0.4, 0.5) is 10.1 Å². The number of para-hydroxylation sites is 1. The molecule has 10 nitrogen and oxygen atoms in total. The van der Waals surface area contributed by atoms with E-state index in [9.17, 15) is 28.7 Å². The maximum absolute atomic E-state index is 14.1. The molecule has 0 fully saturated rings. The maximum atomic E-state index is 14.1. The van der Waals surface area contributed by atoms with E-state index in [1.165, 1.54) is 68.8 Å². The zero-order valence-corrected chi connectivity index (χ0v) is 19.7. The van der Waals surface area contributed by atoms with E-state index < -0.39 is 41.8 Å². The number of ether oxygens (including phenoxy) is 4. The summed E-state index contributed by atoms with van der Waals surface area (Å²) >= 11 is 0. The van der Waals surface area contributed by atoms with Crippen molar-refractivity contribution in [2.75, 3.05) is 19.5 Å². The molecule has 0 aliphatic carbocycles. The van der Waals surface area contributed by atoms with Crippen LogP contribution in [0.5, 0.6) is 11.5 Å². The number of carboxylic acids is 1. The number of benzene rings is 3. The van der Waals surface area contributed by atoms with E-state index in [0.29, 0.717) is 11.5 Å². The number of halogens is 1. The van der Waals surface area contributed by atoms with Crippen LogP contribution in [-0.4, -0.2) is 55.3 Å². The molecule has 0 saturated carbocycles. The van der Waals surface area contributed by atoms with Gasteiger partial charge in [-0.1, -0.05) is 24.3 Å². The molecule has 0 unspecified atom stereocenters. The molecule has 2 atom stereocenters. The van der Waals surface area contributed by atoms with Gasteiger partial charge in [0.05, 0.1) is 31.0 Å². The molecule has 0 radical (unpaired) electrons. The highest BCUT2D eigenvalue weighted by molar-refractivity contribution is 6.01. The molecular weight excluding hydrogens is 489 g/mol. The van der Waals surface area contributed by atoms with E-state index in [1.807, 2.05) is 0 Å². The van der Waals surface area contributed by atoms with E-state index in [4.69, 9.17) is 18.9 Å². The third-order valence-corrected chi connectivity index (χ3v) is 4.99. The Morgan fingerprint density at radius 1 is 0.757 bits per heavy atom. The van der Waals surface area contributed by atoms with Gasteiger partial charge in [0.1, 0.15) is 17.3 Å². The highest BCUT2D eigenvalue weighted by Gasteiger charge is 2.41. The number of esters is 2. The van der Waals surface area contributed by atoms with Crippen LogP contribution in [0.15, 0.2) is 72.8 Å². The van der Waals surface area contributed by atoms with Crippen LogP contribution in [-0.2, 0) is 19.1 Å². The van der Waals surface area contributed by atoms with Gasteiger partial charge in [-0.3, -0.25) is 4.79 Å². The fourth-order valence-electron chi connectivity index (χ4n) is 3.13. The minimum Gasteiger partial charge on any atom is -0.497 e. The number of nitrogens with one attached hydrogen (secondary N) is 1. The number of rotatable bonds is 10. The lowest BCUT2D eigenvalue weighted by Crippen LogP contribution is -2.48. The third kappa shape index (κ3) is 6.82. The molecule has 0 bridgehead atoms. The second-order valence-corrected chi connectivity index (χ2v) is 7.42. The van der Waals surface area contributed by atoms with Crippen LogP contribution in [0.3, 0.4) is 0 Å². The molecule has 1 amide bonds. The Morgan fingerprint density at radius 2 is 1.27 bits per heavy atom. The summed E-state index contributed by atoms with van der Waals surface area (Å²) in [7, 11) is 2.74. The van der Waals surface area contributed by atoms with Gasteiger partial charge in [-0.25, -0.2) is 18.8 Å². The topological polar surface area (TPSA) is 137 Å². The molecule has 2 N–H and O–H groups in total. The van der Waals surface area contributed by atoms with Crippen LogP contribution >= 0.6 is 0 Å². The molecule has 0 heterocycles. The van der Waals surface area contributed by atoms with Crippen molar-refractivity contribution in [2.24, 2.45) is 0 Å². The van der Waals surface area contributed by atoms with Crippen molar-refractivity contribution in [2.45, 2.75) is 12.2 Å². The molecule has 0 saturated heterocycles. The number of anilines is 1. The molecule has 3 aromatic carbocycles.